The third kappa shape index (κ3) is 2.65. The molecule has 0 aliphatic heterocycles. The van der Waals surface area contributed by atoms with E-state index in [4.69, 9.17) is 0 Å². The summed E-state index contributed by atoms with van der Waals surface area (Å²) in [6.07, 6.45) is 0. The lowest BCUT2D eigenvalue weighted by Crippen LogP contribution is -2.03. The molecule has 0 amide bonds. The van der Waals surface area contributed by atoms with Crippen LogP contribution in [0.3, 0.4) is 0 Å². The predicted molar refractivity (Wildman–Crippen MR) is 86.2 cm³/mol. The lowest BCUT2D eigenvalue weighted by atomic mass is 10.1. The van der Waals surface area contributed by atoms with Crippen molar-refractivity contribution in [2.75, 3.05) is 0 Å². The van der Waals surface area contributed by atoms with Crippen LogP contribution < -0.4 is 0 Å². The standard InChI is InChI=1S/C16H12BrN3O2/c1-10-4-2-5-11(8-10)15-14(16(21)22)18-19-20(15)13-7-3-6-12(17)9-13/h2-9H,1H3,(H,21,22). The lowest BCUT2D eigenvalue weighted by Gasteiger charge is -2.08. The topological polar surface area (TPSA) is 68.0 Å². The Morgan fingerprint density at radius 3 is 2.64 bits per heavy atom. The number of rotatable bonds is 3. The minimum Gasteiger partial charge on any atom is -0.476 e. The molecule has 5 nitrogen and oxygen atoms in total. The molecule has 22 heavy (non-hydrogen) atoms. The Labute approximate surface area is 135 Å². The molecule has 0 radical (unpaired) electrons. The molecule has 0 spiro atoms. The number of carbonyl (C=O) groups is 1. The zero-order valence-corrected chi connectivity index (χ0v) is 13.3. The van der Waals surface area contributed by atoms with Crippen molar-refractivity contribution in [3.8, 4) is 16.9 Å². The van der Waals surface area contributed by atoms with E-state index < -0.39 is 5.97 Å². The van der Waals surface area contributed by atoms with Gasteiger partial charge in [0.25, 0.3) is 0 Å². The van der Waals surface area contributed by atoms with Gasteiger partial charge < -0.3 is 5.11 Å². The van der Waals surface area contributed by atoms with Crippen LogP contribution in [0, 0.1) is 6.92 Å². The molecule has 0 unspecified atom stereocenters. The number of hydrogen-bond acceptors (Lipinski definition) is 3. The molecule has 1 heterocycles. The van der Waals surface area contributed by atoms with E-state index in [1.54, 1.807) is 4.68 Å². The number of carboxylic acid groups (broad SMARTS) is 1. The quantitative estimate of drug-likeness (QED) is 0.775. The molecule has 0 atom stereocenters. The first-order valence-electron chi connectivity index (χ1n) is 6.58. The second-order valence-corrected chi connectivity index (χ2v) is 5.77. The summed E-state index contributed by atoms with van der Waals surface area (Å²) >= 11 is 3.41. The fourth-order valence-electron chi connectivity index (χ4n) is 2.27. The van der Waals surface area contributed by atoms with Gasteiger partial charge in [-0.05, 0) is 31.2 Å². The van der Waals surface area contributed by atoms with Gasteiger partial charge in [0, 0.05) is 10.0 Å². The van der Waals surface area contributed by atoms with E-state index in [1.165, 1.54) is 0 Å². The van der Waals surface area contributed by atoms with Crippen molar-refractivity contribution in [1.29, 1.82) is 0 Å². The number of hydrogen-bond donors (Lipinski definition) is 1. The van der Waals surface area contributed by atoms with Crippen LogP contribution in [0.25, 0.3) is 16.9 Å². The molecule has 6 heteroatoms. The van der Waals surface area contributed by atoms with Crippen molar-refractivity contribution in [1.82, 2.24) is 15.0 Å². The van der Waals surface area contributed by atoms with Crippen LogP contribution in [0.15, 0.2) is 53.0 Å². The number of aryl methyl sites for hydroxylation is 1. The molecule has 1 aromatic heterocycles. The molecule has 0 aliphatic carbocycles. The van der Waals surface area contributed by atoms with Crippen LogP contribution in [-0.4, -0.2) is 26.1 Å². The maximum atomic E-state index is 11.5. The van der Waals surface area contributed by atoms with E-state index in [2.05, 4.69) is 26.2 Å². The van der Waals surface area contributed by atoms with Crippen molar-refractivity contribution in [3.63, 3.8) is 0 Å². The molecular formula is C16H12BrN3O2. The average molecular weight is 358 g/mol. The summed E-state index contributed by atoms with van der Waals surface area (Å²) in [5.74, 6) is -1.10. The van der Waals surface area contributed by atoms with Crippen LogP contribution >= 0.6 is 15.9 Å². The Hall–Kier alpha value is -2.47. The van der Waals surface area contributed by atoms with Gasteiger partial charge in [0.2, 0.25) is 0 Å². The molecule has 2 aromatic carbocycles. The minimum atomic E-state index is -1.10. The Morgan fingerprint density at radius 2 is 1.95 bits per heavy atom. The lowest BCUT2D eigenvalue weighted by molar-refractivity contribution is 0.0691. The van der Waals surface area contributed by atoms with Gasteiger partial charge in [-0.2, -0.15) is 0 Å². The van der Waals surface area contributed by atoms with Crippen molar-refractivity contribution in [3.05, 3.63) is 64.3 Å². The minimum absolute atomic E-state index is 0.0643. The largest absolute Gasteiger partial charge is 0.476 e. The summed E-state index contributed by atoms with van der Waals surface area (Å²) in [7, 11) is 0. The van der Waals surface area contributed by atoms with Gasteiger partial charge in [-0.3, -0.25) is 0 Å². The molecule has 3 rings (SSSR count). The molecule has 0 saturated carbocycles. The summed E-state index contributed by atoms with van der Waals surface area (Å²) in [6.45, 7) is 1.96. The number of benzene rings is 2. The summed E-state index contributed by atoms with van der Waals surface area (Å²) in [5, 5.41) is 17.2. The fourth-order valence-corrected chi connectivity index (χ4v) is 2.65. The van der Waals surface area contributed by atoms with Crippen molar-refractivity contribution in [2.24, 2.45) is 0 Å². The third-order valence-corrected chi connectivity index (χ3v) is 3.71. The molecule has 0 saturated heterocycles. The zero-order valence-electron chi connectivity index (χ0n) is 11.7. The van der Waals surface area contributed by atoms with E-state index >= 15 is 0 Å². The maximum absolute atomic E-state index is 11.5. The monoisotopic (exact) mass is 357 g/mol. The first-order valence-corrected chi connectivity index (χ1v) is 7.37. The number of halogens is 1. The highest BCUT2D eigenvalue weighted by molar-refractivity contribution is 9.10. The van der Waals surface area contributed by atoms with Gasteiger partial charge in [-0.1, -0.05) is 51.0 Å². The fraction of sp³-hybridized carbons (Fsp3) is 0.0625. The normalized spacial score (nSPS) is 10.6. The highest BCUT2D eigenvalue weighted by Crippen LogP contribution is 2.27. The van der Waals surface area contributed by atoms with E-state index in [1.807, 2.05) is 55.5 Å². The zero-order chi connectivity index (χ0) is 15.7. The second kappa shape index (κ2) is 5.73. The summed E-state index contributed by atoms with van der Waals surface area (Å²) in [5.41, 5.74) is 2.95. The molecule has 0 bridgehead atoms. The molecule has 0 fully saturated rings. The van der Waals surface area contributed by atoms with Crippen LogP contribution in [0.5, 0.6) is 0 Å². The summed E-state index contributed by atoms with van der Waals surface area (Å²) in [6, 6.07) is 15.1. The van der Waals surface area contributed by atoms with Gasteiger partial charge in [0.15, 0.2) is 5.69 Å². The maximum Gasteiger partial charge on any atom is 0.358 e. The number of nitrogens with zero attached hydrogens (tertiary/aromatic N) is 3. The Balaban J connectivity index is 2.26. The van der Waals surface area contributed by atoms with Crippen LogP contribution in [0.2, 0.25) is 0 Å². The van der Waals surface area contributed by atoms with E-state index in [9.17, 15) is 9.90 Å². The summed E-state index contributed by atoms with van der Waals surface area (Å²) < 4.78 is 2.43. The van der Waals surface area contributed by atoms with Gasteiger partial charge in [-0.25, -0.2) is 9.48 Å². The predicted octanol–water partition coefficient (Wildman–Crippen LogP) is 3.70. The van der Waals surface area contributed by atoms with E-state index in [0.717, 1.165) is 21.3 Å². The SMILES string of the molecule is Cc1cccc(-c2c(C(=O)O)nnn2-c2cccc(Br)c2)c1. The first kappa shape index (κ1) is 14.5. The van der Waals surface area contributed by atoms with E-state index in [-0.39, 0.29) is 5.69 Å². The highest BCUT2D eigenvalue weighted by Gasteiger charge is 2.21. The van der Waals surface area contributed by atoms with Gasteiger partial charge >= 0.3 is 5.97 Å². The van der Waals surface area contributed by atoms with Crippen LogP contribution in [0.1, 0.15) is 16.1 Å². The Bertz CT molecular complexity index is 858. The smallest absolute Gasteiger partial charge is 0.358 e. The molecular weight excluding hydrogens is 346 g/mol. The number of aromatic nitrogens is 3. The number of carboxylic acids is 1. The Morgan fingerprint density at radius 1 is 1.18 bits per heavy atom. The van der Waals surface area contributed by atoms with Crippen molar-refractivity contribution < 1.29 is 9.90 Å². The van der Waals surface area contributed by atoms with Gasteiger partial charge in [-0.15, -0.1) is 5.10 Å². The van der Waals surface area contributed by atoms with Crippen LogP contribution in [-0.2, 0) is 0 Å². The number of aromatic carboxylic acids is 1. The van der Waals surface area contributed by atoms with Gasteiger partial charge in [0.05, 0.1) is 5.69 Å². The van der Waals surface area contributed by atoms with Crippen molar-refractivity contribution >= 4 is 21.9 Å². The first-order chi connectivity index (χ1) is 10.6. The van der Waals surface area contributed by atoms with Crippen LogP contribution in [0.4, 0.5) is 0 Å². The Kier molecular flexibility index (Phi) is 3.77. The molecule has 110 valence electrons. The van der Waals surface area contributed by atoms with Crippen molar-refractivity contribution in [2.45, 2.75) is 6.92 Å². The third-order valence-electron chi connectivity index (χ3n) is 3.22. The molecule has 3 aromatic rings. The molecule has 1 N–H and O–H groups in total. The summed E-state index contributed by atoms with van der Waals surface area (Å²) in [4.78, 5) is 11.5. The van der Waals surface area contributed by atoms with Gasteiger partial charge in [0.1, 0.15) is 5.69 Å². The average Bonchev–Trinajstić information content (AvgIpc) is 2.92. The van der Waals surface area contributed by atoms with E-state index in [0.29, 0.717) is 5.69 Å². The highest BCUT2D eigenvalue weighted by atomic mass is 79.9. The second-order valence-electron chi connectivity index (χ2n) is 4.85. The molecule has 0 aliphatic rings.